The third-order valence-electron chi connectivity index (χ3n) is 2.93. The molecule has 0 radical (unpaired) electrons. The number of ether oxygens (including phenoxy) is 1. The fourth-order valence-electron chi connectivity index (χ4n) is 1.93. The van der Waals surface area contributed by atoms with Gasteiger partial charge in [0.05, 0.1) is 6.61 Å². The molecule has 2 aromatic rings. The molecule has 4 nitrogen and oxygen atoms in total. The van der Waals surface area contributed by atoms with E-state index in [1.807, 2.05) is 24.8 Å². The Morgan fingerprint density at radius 3 is 2.89 bits per heavy atom. The molecule has 1 N–H and O–H groups in total. The van der Waals surface area contributed by atoms with Gasteiger partial charge in [-0.1, -0.05) is 0 Å². The molecule has 5 heteroatoms. The van der Waals surface area contributed by atoms with Gasteiger partial charge in [0, 0.05) is 37.5 Å². The Kier molecular flexibility index (Phi) is 4.52. The monoisotopic (exact) mass is 263 g/mol. The Balaban J connectivity index is 1.97. The van der Waals surface area contributed by atoms with Crippen LogP contribution in [-0.2, 0) is 20.0 Å². The van der Waals surface area contributed by atoms with Gasteiger partial charge in [-0.05, 0) is 31.3 Å². The fourth-order valence-corrected chi connectivity index (χ4v) is 1.93. The lowest BCUT2D eigenvalue weighted by Gasteiger charge is -2.11. The van der Waals surface area contributed by atoms with E-state index in [-0.39, 0.29) is 5.82 Å². The predicted molar refractivity (Wildman–Crippen MR) is 71.6 cm³/mol. The van der Waals surface area contributed by atoms with Crippen molar-refractivity contribution < 1.29 is 9.13 Å². The first-order chi connectivity index (χ1) is 9.20. The quantitative estimate of drug-likeness (QED) is 0.865. The molecule has 0 bridgehead atoms. The Labute approximate surface area is 112 Å². The van der Waals surface area contributed by atoms with Gasteiger partial charge in [-0.2, -0.15) is 5.10 Å². The van der Waals surface area contributed by atoms with Gasteiger partial charge < -0.3 is 10.1 Å². The highest BCUT2D eigenvalue weighted by Gasteiger charge is 2.05. The number of aromatic nitrogens is 2. The first-order valence-corrected chi connectivity index (χ1v) is 6.23. The van der Waals surface area contributed by atoms with Crippen molar-refractivity contribution in [3.63, 3.8) is 0 Å². The molecule has 1 aromatic carbocycles. The van der Waals surface area contributed by atoms with Crippen LogP contribution in [0.15, 0.2) is 30.5 Å². The molecule has 0 aliphatic carbocycles. The molecule has 1 aromatic heterocycles. The molecule has 0 spiro atoms. The normalized spacial score (nSPS) is 10.7. The topological polar surface area (TPSA) is 39.1 Å². The van der Waals surface area contributed by atoms with Gasteiger partial charge >= 0.3 is 0 Å². The van der Waals surface area contributed by atoms with Crippen molar-refractivity contribution in [3.8, 4) is 5.75 Å². The van der Waals surface area contributed by atoms with E-state index in [1.165, 1.54) is 12.1 Å². The number of nitrogens with one attached hydrogen (secondary N) is 1. The van der Waals surface area contributed by atoms with E-state index in [2.05, 4.69) is 10.4 Å². The lowest BCUT2D eigenvalue weighted by molar-refractivity contribution is 0.314. The van der Waals surface area contributed by atoms with Gasteiger partial charge in [0.25, 0.3) is 0 Å². The standard InChI is InChI=1S/C14H18FN3O/c1-16-10-11-9-12(15)3-4-14(11)19-8-6-13-5-7-17-18(13)2/h3-5,7,9,16H,6,8,10H2,1-2H3. The lowest BCUT2D eigenvalue weighted by atomic mass is 10.2. The molecule has 0 unspecified atom stereocenters. The predicted octanol–water partition coefficient (Wildman–Crippen LogP) is 1.90. The van der Waals surface area contributed by atoms with Gasteiger partial charge in [0.2, 0.25) is 0 Å². The van der Waals surface area contributed by atoms with Crippen LogP contribution in [0.25, 0.3) is 0 Å². The number of rotatable bonds is 6. The molecule has 0 saturated carbocycles. The van der Waals surface area contributed by atoms with Crippen molar-refractivity contribution in [2.24, 2.45) is 7.05 Å². The second-order valence-corrected chi connectivity index (χ2v) is 4.33. The van der Waals surface area contributed by atoms with Crippen LogP contribution < -0.4 is 10.1 Å². The summed E-state index contributed by atoms with van der Waals surface area (Å²) in [6.45, 7) is 1.13. The highest BCUT2D eigenvalue weighted by atomic mass is 19.1. The molecule has 19 heavy (non-hydrogen) atoms. The number of hydrogen-bond donors (Lipinski definition) is 1. The summed E-state index contributed by atoms with van der Waals surface area (Å²) in [5, 5.41) is 7.11. The van der Waals surface area contributed by atoms with E-state index in [1.54, 1.807) is 12.3 Å². The minimum atomic E-state index is -0.246. The van der Waals surface area contributed by atoms with Crippen LogP contribution in [0.2, 0.25) is 0 Å². The van der Waals surface area contributed by atoms with Crippen molar-refractivity contribution >= 4 is 0 Å². The average molecular weight is 263 g/mol. The molecular formula is C14H18FN3O. The minimum absolute atomic E-state index is 0.246. The molecule has 102 valence electrons. The maximum absolute atomic E-state index is 13.2. The van der Waals surface area contributed by atoms with Crippen molar-refractivity contribution in [1.29, 1.82) is 0 Å². The number of hydrogen-bond acceptors (Lipinski definition) is 3. The minimum Gasteiger partial charge on any atom is -0.493 e. The zero-order valence-corrected chi connectivity index (χ0v) is 11.2. The summed E-state index contributed by atoms with van der Waals surface area (Å²) < 4.78 is 20.7. The third-order valence-corrected chi connectivity index (χ3v) is 2.93. The Morgan fingerprint density at radius 2 is 2.21 bits per heavy atom. The van der Waals surface area contributed by atoms with Crippen molar-refractivity contribution in [2.75, 3.05) is 13.7 Å². The van der Waals surface area contributed by atoms with Gasteiger partial charge in [0.15, 0.2) is 0 Å². The summed E-state index contributed by atoms with van der Waals surface area (Å²) in [6.07, 6.45) is 2.53. The second kappa shape index (κ2) is 6.33. The van der Waals surface area contributed by atoms with Crippen molar-refractivity contribution in [2.45, 2.75) is 13.0 Å². The van der Waals surface area contributed by atoms with Crippen molar-refractivity contribution in [3.05, 3.63) is 47.5 Å². The van der Waals surface area contributed by atoms with Crippen LogP contribution in [0.3, 0.4) is 0 Å². The Bertz CT molecular complexity index is 539. The van der Waals surface area contributed by atoms with E-state index in [9.17, 15) is 4.39 Å². The van der Waals surface area contributed by atoms with Crippen LogP contribution in [0.4, 0.5) is 4.39 Å². The molecule has 0 atom stereocenters. The second-order valence-electron chi connectivity index (χ2n) is 4.33. The summed E-state index contributed by atoms with van der Waals surface area (Å²) in [6, 6.07) is 6.54. The molecule has 0 saturated heterocycles. The lowest BCUT2D eigenvalue weighted by Crippen LogP contribution is -2.10. The highest BCUT2D eigenvalue weighted by molar-refractivity contribution is 5.33. The van der Waals surface area contributed by atoms with Gasteiger partial charge in [-0.25, -0.2) is 4.39 Å². The summed E-state index contributed by atoms with van der Waals surface area (Å²) in [7, 11) is 3.73. The highest BCUT2D eigenvalue weighted by Crippen LogP contribution is 2.19. The van der Waals surface area contributed by atoms with E-state index in [0.717, 1.165) is 23.4 Å². The maximum Gasteiger partial charge on any atom is 0.124 e. The Hall–Kier alpha value is -1.88. The van der Waals surface area contributed by atoms with Crippen LogP contribution in [0, 0.1) is 5.82 Å². The summed E-state index contributed by atoms with van der Waals surface area (Å²) in [4.78, 5) is 0. The average Bonchev–Trinajstić information content (AvgIpc) is 2.78. The van der Waals surface area contributed by atoms with E-state index in [0.29, 0.717) is 13.2 Å². The van der Waals surface area contributed by atoms with Gasteiger partial charge in [-0.15, -0.1) is 0 Å². The molecule has 1 heterocycles. The molecule has 0 fully saturated rings. The zero-order chi connectivity index (χ0) is 13.7. The largest absolute Gasteiger partial charge is 0.493 e. The molecule has 2 rings (SSSR count). The van der Waals surface area contributed by atoms with E-state index < -0.39 is 0 Å². The smallest absolute Gasteiger partial charge is 0.124 e. The number of halogens is 1. The maximum atomic E-state index is 13.2. The fraction of sp³-hybridized carbons (Fsp3) is 0.357. The summed E-state index contributed by atoms with van der Waals surface area (Å²) in [5.41, 5.74) is 1.93. The summed E-state index contributed by atoms with van der Waals surface area (Å²) in [5.74, 6) is 0.474. The zero-order valence-electron chi connectivity index (χ0n) is 11.2. The van der Waals surface area contributed by atoms with Crippen LogP contribution >= 0.6 is 0 Å². The van der Waals surface area contributed by atoms with Crippen LogP contribution in [-0.4, -0.2) is 23.4 Å². The molecule has 0 aliphatic rings. The van der Waals surface area contributed by atoms with E-state index >= 15 is 0 Å². The first-order valence-electron chi connectivity index (χ1n) is 6.23. The molecule has 0 amide bonds. The number of aryl methyl sites for hydroxylation is 1. The van der Waals surface area contributed by atoms with Crippen LogP contribution in [0.1, 0.15) is 11.3 Å². The molecule has 0 aliphatic heterocycles. The molecular weight excluding hydrogens is 245 g/mol. The Morgan fingerprint density at radius 1 is 1.37 bits per heavy atom. The number of benzene rings is 1. The van der Waals surface area contributed by atoms with E-state index in [4.69, 9.17) is 4.74 Å². The summed E-state index contributed by atoms with van der Waals surface area (Å²) >= 11 is 0. The van der Waals surface area contributed by atoms with Gasteiger partial charge in [0.1, 0.15) is 11.6 Å². The SMILES string of the molecule is CNCc1cc(F)ccc1OCCc1ccnn1C. The first kappa shape index (κ1) is 13.5. The van der Waals surface area contributed by atoms with Crippen molar-refractivity contribution in [1.82, 2.24) is 15.1 Å². The number of nitrogens with zero attached hydrogens (tertiary/aromatic N) is 2. The third kappa shape index (κ3) is 3.54. The van der Waals surface area contributed by atoms with Crippen LogP contribution in [0.5, 0.6) is 5.75 Å². The van der Waals surface area contributed by atoms with Gasteiger partial charge in [-0.3, -0.25) is 4.68 Å².